The molecule has 11 heteroatoms. The summed E-state index contributed by atoms with van der Waals surface area (Å²) >= 11 is 0. The summed E-state index contributed by atoms with van der Waals surface area (Å²) in [4.78, 5) is 55.1. The normalized spacial score (nSPS) is 16.4. The Bertz CT molecular complexity index is 1110. The molecule has 0 spiro atoms. The Morgan fingerprint density at radius 1 is 1.13 bits per heavy atom. The summed E-state index contributed by atoms with van der Waals surface area (Å²) < 4.78 is 10.7. The molecule has 1 fully saturated rings. The average Bonchev–Trinajstić information content (AvgIpc) is 3.40. The molecule has 1 amide bonds. The van der Waals surface area contributed by atoms with Crippen LogP contribution in [0.1, 0.15) is 44.2 Å². The number of amides is 1. The zero-order valence-corrected chi connectivity index (χ0v) is 21.5. The number of nitrogens with one attached hydrogen (secondary N) is 1. The summed E-state index contributed by atoms with van der Waals surface area (Å²) in [5.74, 6) is -1.14. The molecule has 204 valence electrons. The fourth-order valence-electron chi connectivity index (χ4n) is 4.38. The number of hydrogen-bond acceptors (Lipinski definition) is 9. The molecule has 1 aliphatic heterocycles. The van der Waals surface area contributed by atoms with Crippen LogP contribution in [-0.2, 0) is 37.0 Å². The Labute approximate surface area is 221 Å². The summed E-state index contributed by atoms with van der Waals surface area (Å²) in [6.45, 7) is 3.73. The van der Waals surface area contributed by atoms with Crippen molar-refractivity contribution in [2.24, 2.45) is 0 Å². The summed E-state index contributed by atoms with van der Waals surface area (Å²) in [6.07, 6.45) is 2.14. The molecule has 0 aromatic heterocycles. The van der Waals surface area contributed by atoms with Gasteiger partial charge in [0, 0.05) is 6.54 Å². The molecule has 1 saturated heterocycles. The standard InChI is InChI=1S/C27H33N3O8/c1-3-36-26(32)23(15-14-20-9-5-4-6-10-20)28-19(2)25(31)29-16-8-13-24(29)27(33)38-22-12-7-11-21(17-22)18-37-30(34)35/h4-7,9-12,17,19,23-24,28H,3,8,13-16,18H2,1-2H3/t19-,23-,24-/m0/s1. The largest absolute Gasteiger partial charge is 0.465 e. The van der Waals surface area contributed by atoms with Gasteiger partial charge in [-0.25, -0.2) is 4.79 Å². The number of nitrogens with zero attached hydrogens (tertiary/aromatic N) is 2. The molecule has 2 aromatic rings. The van der Waals surface area contributed by atoms with E-state index < -0.39 is 35.2 Å². The number of esters is 2. The Balaban J connectivity index is 1.62. The second kappa shape index (κ2) is 14.1. The van der Waals surface area contributed by atoms with Crippen LogP contribution < -0.4 is 10.1 Å². The van der Waals surface area contributed by atoms with Gasteiger partial charge in [0.25, 0.3) is 5.09 Å². The highest BCUT2D eigenvalue weighted by Gasteiger charge is 2.38. The minimum Gasteiger partial charge on any atom is -0.465 e. The number of ether oxygens (including phenoxy) is 2. The van der Waals surface area contributed by atoms with Crippen LogP contribution in [0.15, 0.2) is 54.6 Å². The molecule has 2 aromatic carbocycles. The topological polar surface area (TPSA) is 137 Å². The number of rotatable bonds is 13. The van der Waals surface area contributed by atoms with E-state index >= 15 is 0 Å². The first kappa shape index (κ1) is 28.6. The second-order valence-corrected chi connectivity index (χ2v) is 8.97. The number of carbonyl (C=O) groups excluding carboxylic acids is 3. The lowest BCUT2D eigenvalue weighted by Gasteiger charge is -2.28. The highest BCUT2D eigenvalue weighted by Crippen LogP contribution is 2.22. The van der Waals surface area contributed by atoms with Gasteiger partial charge in [-0.1, -0.05) is 42.5 Å². The van der Waals surface area contributed by atoms with E-state index in [0.717, 1.165) is 5.56 Å². The summed E-state index contributed by atoms with van der Waals surface area (Å²) in [5.41, 5.74) is 1.53. The van der Waals surface area contributed by atoms with E-state index in [-0.39, 0.29) is 24.9 Å². The van der Waals surface area contributed by atoms with Crippen LogP contribution in [0.3, 0.4) is 0 Å². The molecule has 0 radical (unpaired) electrons. The third kappa shape index (κ3) is 8.27. The Kier molecular flexibility index (Phi) is 10.6. The lowest BCUT2D eigenvalue weighted by Crippen LogP contribution is -2.53. The summed E-state index contributed by atoms with van der Waals surface area (Å²) in [6, 6.07) is 13.7. The minimum absolute atomic E-state index is 0.202. The van der Waals surface area contributed by atoms with Crippen molar-refractivity contribution in [1.29, 1.82) is 0 Å². The molecule has 3 rings (SSSR count). The lowest BCUT2D eigenvalue weighted by atomic mass is 10.0. The smallest absolute Gasteiger partial charge is 0.334 e. The molecule has 0 aliphatic carbocycles. The van der Waals surface area contributed by atoms with Gasteiger partial charge in [0.1, 0.15) is 24.4 Å². The van der Waals surface area contributed by atoms with Crippen molar-refractivity contribution in [2.75, 3.05) is 13.2 Å². The summed E-state index contributed by atoms with van der Waals surface area (Å²) in [7, 11) is 0. The van der Waals surface area contributed by atoms with Crippen molar-refractivity contribution in [3.8, 4) is 5.75 Å². The van der Waals surface area contributed by atoms with E-state index in [4.69, 9.17) is 9.47 Å². The third-order valence-electron chi connectivity index (χ3n) is 6.22. The van der Waals surface area contributed by atoms with Crippen LogP contribution in [0.2, 0.25) is 0 Å². The van der Waals surface area contributed by atoms with Gasteiger partial charge < -0.3 is 19.2 Å². The van der Waals surface area contributed by atoms with Crippen molar-refractivity contribution in [1.82, 2.24) is 10.2 Å². The average molecular weight is 528 g/mol. The first-order valence-corrected chi connectivity index (χ1v) is 12.6. The molecular formula is C27H33N3O8. The molecule has 0 unspecified atom stereocenters. The van der Waals surface area contributed by atoms with Gasteiger partial charge in [-0.2, -0.15) is 0 Å². The zero-order valence-electron chi connectivity index (χ0n) is 21.5. The number of carbonyl (C=O) groups is 3. The number of likely N-dealkylation sites (tertiary alicyclic amines) is 1. The quantitative estimate of drug-likeness (QED) is 0.180. The highest BCUT2D eigenvalue weighted by atomic mass is 16.9. The Hall–Kier alpha value is -3.99. The van der Waals surface area contributed by atoms with Gasteiger partial charge in [0.05, 0.1) is 12.6 Å². The van der Waals surface area contributed by atoms with Crippen molar-refractivity contribution >= 4 is 17.8 Å². The first-order valence-electron chi connectivity index (χ1n) is 12.6. The second-order valence-electron chi connectivity index (χ2n) is 8.97. The monoisotopic (exact) mass is 527 g/mol. The van der Waals surface area contributed by atoms with Gasteiger partial charge in [0.15, 0.2) is 0 Å². The first-order chi connectivity index (χ1) is 18.3. The van der Waals surface area contributed by atoms with Gasteiger partial charge in [-0.15, -0.1) is 10.1 Å². The summed E-state index contributed by atoms with van der Waals surface area (Å²) in [5, 5.41) is 12.6. The minimum atomic E-state index is -0.899. The molecule has 3 atom stereocenters. The van der Waals surface area contributed by atoms with Crippen LogP contribution in [0, 0.1) is 10.1 Å². The highest BCUT2D eigenvalue weighted by molar-refractivity contribution is 5.89. The zero-order chi connectivity index (χ0) is 27.5. The molecule has 1 heterocycles. The van der Waals surface area contributed by atoms with Crippen LogP contribution in [-0.4, -0.2) is 59.1 Å². The lowest BCUT2D eigenvalue weighted by molar-refractivity contribution is -0.763. The fraction of sp³-hybridized carbons (Fsp3) is 0.444. The maximum atomic E-state index is 13.3. The van der Waals surface area contributed by atoms with Crippen molar-refractivity contribution < 1.29 is 33.8 Å². The van der Waals surface area contributed by atoms with E-state index in [1.165, 1.54) is 11.0 Å². The van der Waals surface area contributed by atoms with Crippen LogP contribution in [0.4, 0.5) is 0 Å². The van der Waals surface area contributed by atoms with Gasteiger partial charge in [-0.3, -0.25) is 14.9 Å². The Morgan fingerprint density at radius 3 is 2.58 bits per heavy atom. The van der Waals surface area contributed by atoms with E-state index in [1.54, 1.807) is 32.0 Å². The van der Waals surface area contributed by atoms with Gasteiger partial charge >= 0.3 is 11.9 Å². The maximum Gasteiger partial charge on any atom is 0.334 e. The van der Waals surface area contributed by atoms with Crippen molar-refractivity contribution in [3.05, 3.63) is 75.8 Å². The third-order valence-corrected chi connectivity index (χ3v) is 6.22. The van der Waals surface area contributed by atoms with Crippen LogP contribution in [0.5, 0.6) is 5.75 Å². The van der Waals surface area contributed by atoms with E-state index in [9.17, 15) is 24.5 Å². The van der Waals surface area contributed by atoms with Crippen molar-refractivity contribution in [2.45, 2.75) is 64.3 Å². The predicted octanol–water partition coefficient (Wildman–Crippen LogP) is 2.83. The molecule has 0 bridgehead atoms. The maximum absolute atomic E-state index is 13.3. The van der Waals surface area contributed by atoms with Gasteiger partial charge in [0.2, 0.25) is 5.91 Å². The Morgan fingerprint density at radius 2 is 1.87 bits per heavy atom. The molecule has 38 heavy (non-hydrogen) atoms. The molecule has 1 N–H and O–H groups in total. The van der Waals surface area contributed by atoms with E-state index in [0.29, 0.717) is 37.8 Å². The number of hydrogen-bond donors (Lipinski definition) is 1. The van der Waals surface area contributed by atoms with E-state index in [2.05, 4.69) is 10.2 Å². The van der Waals surface area contributed by atoms with E-state index in [1.807, 2.05) is 30.3 Å². The number of aryl methyl sites for hydroxylation is 1. The number of benzene rings is 2. The van der Waals surface area contributed by atoms with Gasteiger partial charge in [-0.05, 0) is 62.8 Å². The van der Waals surface area contributed by atoms with Crippen LogP contribution >= 0.6 is 0 Å². The predicted molar refractivity (Wildman–Crippen MR) is 136 cm³/mol. The van der Waals surface area contributed by atoms with Crippen LogP contribution in [0.25, 0.3) is 0 Å². The SMILES string of the molecule is CCOC(=O)[C@H](CCc1ccccc1)N[C@@H](C)C(=O)N1CCC[C@H]1C(=O)Oc1cccc(CO[N+](=O)[O-])c1. The molecule has 11 nitrogen and oxygen atoms in total. The fourth-order valence-corrected chi connectivity index (χ4v) is 4.38. The molecule has 1 aliphatic rings. The molecule has 0 saturated carbocycles. The molecular weight excluding hydrogens is 494 g/mol. The van der Waals surface area contributed by atoms with Crippen molar-refractivity contribution in [3.63, 3.8) is 0 Å².